The molecule has 42 heteroatoms. The lowest BCUT2D eigenvalue weighted by atomic mass is 9.86. The molecule has 6 aliphatic rings. The van der Waals surface area contributed by atoms with Gasteiger partial charge in [-0.1, -0.05) is 232 Å². The summed E-state index contributed by atoms with van der Waals surface area (Å²) >= 11 is 0. The topological polar surface area (TPSA) is 674 Å². The second kappa shape index (κ2) is 62.3. The highest BCUT2D eigenvalue weighted by molar-refractivity contribution is 5.78. The highest BCUT2D eigenvalue weighted by Gasteiger charge is 2.64. The zero-order chi connectivity index (χ0) is 98.8. The monoisotopic (exact) mass is 1940 g/mol. The number of aliphatic carboxylic acids is 2. The molecule has 0 aromatic heterocycles. The molecule has 0 saturated carbocycles. The van der Waals surface area contributed by atoms with E-state index in [0.29, 0.717) is 12.8 Å². The minimum atomic E-state index is -3.48. The zero-order valence-electron chi connectivity index (χ0n) is 78.9. The lowest BCUT2D eigenvalue weighted by Gasteiger charge is -2.53. The number of carbonyl (C=O) groups excluding carboxylic acids is 4. The van der Waals surface area contributed by atoms with Crippen LogP contribution in [0.2, 0.25) is 0 Å². The third-order valence-corrected chi connectivity index (χ3v) is 26.4. The molecule has 782 valence electrons. The van der Waals surface area contributed by atoms with E-state index < -0.39 is 302 Å². The fourth-order valence-corrected chi connectivity index (χ4v) is 18.7. The number of amides is 3. The molecule has 3 amide bonds. The Labute approximate surface area is 786 Å². The van der Waals surface area contributed by atoms with E-state index in [1.165, 1.54) is 148 Å². The highest BCUT2D eigenvalue weighted by atomic mass is 16.8. The number of hydrogen-bond acceptors (Lipinski definition) is 37. The summed E-state index contributed by atoms with van der Waals surface area (Å²) in [6, 6.07) is -4.68. The van der Waals surface area contributed by atoms with Crippen molar-refractivity contribution >= 4 is 35.4 Å². The second-order valence-electron chi connectivity index (χ2n) is 37.4. The first kappa shape index (κ1) is 118. The lowest BCUT2D eigenvalue weighted by molar-refractivity contribution is -0.408. The van der Waals surface area contributed by atoms with Crippen molar-refractivity contribution in [3.05, 3.63) is 0 Å². The van der Waals surface area contributed by atoms with Crippen LogP contribution in [0.1, 0.15) is 291 Å². The van der Waals surface area contributed by atoms with Gasteiger partial charge in [0.2, 0.25) is 17.7 Å². The van der Waals surface area contributed by atoms with Crippen LogP contribution in [0.25, 0.3) is 0 Å². The molecule has 134 heavy (non-hydrogen) atoms. The van der Waals surface area contributed by atoms with Crippen LogP contribution in [0.3, 0.4) is 0 Å². The molecule has 6 rings (SSSR count). The predicted molar refractivity (Wildman–Crippen MR) is 473 cm³/mol. The van der Waals surface area contributed by atoms with Gasteiger partial charge in [0, 0.05) is 45.4 Å². The van der Waals surface area contributed by atoms with Crippen molar-refractivity contribution in [2.75, 3.05) is 46.2 Å². The molecule has 34 atom stereocenters. The number of hydrogen-bond donors (Lipinski definition) is 24. The maximum atomic E-state index is 14.1. The summed E-state index contributed by atoms with van der Waals surface area (Å²) in [5, 5.41) is 246. The average Bonchev–Trinajstić information content (AvgIpc) is 0.746. The van der Waals surface area contributed by atoms with Gasteiger partial charge in [-0.2, -0.15) is 0 Å². The Morgan fingerprint density at radius 3 is 1.11 bits per heavy atom. The zero-order valence-corrected chi connectivity index (χ0v) is 78.9. The first-order valence-electron chi connectivity index (χ1n) is 49.3. The average molecular weight is 1940 g/mol. The number of aliphatic hydroxyl groups excluding tert-OH is 19. The Morgan fingerprint density at radius 1 is 0.381 bits per heavy atom. The summed E-state index contributed by atoms with van der Waals surface area (Å²) in [4.78, 5) is 79.9. The van der Waals surface area contributed by atoms with Gasteiger partial charge in [-0.3, -0.25) is 14.4 Å². The van der Waals surface area contributed by atoms with E-state index in [0.717, 1.165) is 85.0 Å². The summed E-state index contributed by atoms with van der Waals surface area (Å²) in [5.74, 6) is -16.0. The minimum Gasteiger partial charge on any atom is -0.477 e. The smallest absolute Gasteiger partial charge is 0.364 e. The first-order valence-corrected chi connectivity index (χ1v) is 49.3. The van der Waals surface area contributed by atoms with Gasteiger partial charge in [0.1, 0.15) is 128 Å². The molecule has 0 aliphatic carbocycles. The molecule has 6 fully saturated rings. The number of rotatable bonds is 68. The molecule has 0 spiro atoms. The van der Waals surface area contributed by atoms with Crippen molar-refractivity contribution in [2.45, 2.75) is 493 Å². The lowest BCUT2D eigenvalue weighted by Crippen LogP contribution is -2.71. The predicted octanol–water partition coefficient (Wildman–Crippen LogP) is 0.177. The second-order valence-corrected chi connectivity index (χ2v) is 37.4. The van der Waals surface area contributed by atoms with Crippen molar-refractivity contribution in [3.63, 3.8) is 0 Å². The van der Waals surface area contributed by atoms with Crippen LogP contribution in [0, 0.1) is 5.92 Å². The Kier molecular flexibility index (Phi) is 55.0. The van der Waals surface area contributed by atoms with Gasteiger partial charge in [-0.05, 0) is 19.8 Å². The van der Waals surface area contributed by atoms with Crippen LogP contribution >= 0.6 is 0 Å². The van der Waals surface area contributed by atoms with E-state index in [2.05, 4.69) is 29.8 Å². The van der Waals surface area contributed by atoms with Gasteiger partial charge in [0.05, 0.1) is 88.8 Å². The van der Waals surface area contributed by atoms with E-state index >= 15 is 0 Å². The Morgan fingerprint density at radius 2 is 0.724 bits per heavy atom. The molecular formula is C92H165N3O39. The fourth-order valence-electron chi connectivity index (χ4n) is 18.7. The van der Waals surface area contributed by atoms with Crippen molar-refractivity contribution < 1.29 is 193 Å². The number of ketones is 1. The normalized spacial score (nSPS) is 33.9. The molecule has 2 unspecified atom stereocenters. The van der Waals surface area contributed by atoms with Crippen LogP contribution in [-0.2, 0) is 85.6 Å². The van der Waals surface area contributed by atoms with Crippen molar-refractivity contribution in [2.24, 2.45) is 5.92 Å². The largest absolute Gasteiger partial charge is 0.477 e. The molecule has 0 aromatic carbocycles. The number of aliphatic hydroxyl groups is 19. The van der Waals surface area contributed by atoms with Gasteiger partial charge in [-0.25, -0.2) is 9.59 Å². The minimum absolute atomic E-state index is 0.123. The van der Waals surface area contributed by atoms with E-state index in [1.54, 1.807) is 0 Å². The molecule has 0 bridgehead atoms. The first-order chi connectivity index (χ1) is 64.1. The standard InChI is InChI=1S/C92H165N3O39/c1-6-8-10-12-14-16-18-20-21-22-23-24-25-26-27-28-30-32-34-36-38-40-42-67(110)95-57(58(105)41-39-37-35-33-31-29-19-17-15-13-11-9-7-2)52-123-86-75(116)74(115)79(65(50-100)126-86)129-88-77(118)84(134-92(90(121)122)45-60(107)69(94-55(5)104)82(132-92)71(112)62(109)47-97)80(66(51-101)127-88)130-85-56(43-53(3)102)78(72(113)63(48-98)124-85)128-87-76(117)83(73(114)64(49-99)125-87)133-91(89(119)120)44-59(106)68(93-54(4)103)81(131-91)70(111)61(108)46-96/h56-66,68-88,96-101,105-109,111-118H,6-52H2,1-5H3,(H,93,103)(H,94,104)(H,95,110)(H,119,120)(H,121,122)/t56-,57+,58-,59+,60+,61-,62-,63-,64-,65-,66-,68-,69-,70-,71-,72+,73+,74-,75-,76-,77-,78-,79-,80+,81?,82?,83+,84-,85+,86-,87+,88+,91+,92+/m1/s1. The molecule has 0 aromatic rings. The Bertz CT molecular complexity index is 3280. The molecule has 42 nitrogen and oxygen atoms in total. The number of carboxylic acid groups (broad SMARTS) is 2. The molecule has 6 heterocycles. The SMILES string of the molecule is CCCCCCCCCCCCCCCCCCCCCCCCC(=O)N[C@@H](CO[C@@H]1O[C@H](CO)[C@@H](O[C@@H]2O[C@H](CO)[C@H](O[C@@H]3O[C@H](CO)[C@H](O)[C@H](O[C@@H]4O[C@H](CO)[C@H](O)[C@H](O[C@]5(C(=O)O)C[C@H](O)[C@@H](NC(C)=O)C([C@H](O)[C@H](O)CO)O5)[C@H]4O)[C@H]3CC(C)=O)[C@H](O[C@]3(C(=O)O)C[C@H](O)[C@@H](NC(C)=O)C([C@H](O)[C@H](O)CO)O3)[C@H]2O)[C@H](O)[C@H]1O)[C@H](O)CCCCCCCCCCCCCCC. The van der Waals surface area contributed by atoms with E-state index in [9.17, 15) is 136 Å². The number of carboxylic acids is 2. The summed E-state index contributed by atoms with van der Waals surface area (Å²) in [6.07, 6.45) is -24.3. The fraction of sp³-hybridized carbons (Fsp3) is 0.935. The number of nitrogens with one attached hydrogen (secondary N) is 3. The van der Waals surface area contributed by atoms with Crippen molar-refractivity contribution in [1.82, 2.24) is 16.0 Å². The molecule has 24 N–H and O–H groups in total. The Balaban J connectivity index is 1.24. The van der Waals surface area contributed by atoms with Gasteiger partial charge >= 0.3 is 11.9 Å². The van der Waals surface area contributed by atoms with Crippen LogP contribution < -0.4 is 16.0 Å². The van der Waals surface area contributed by atoms with Gasteiger partial charge in [-0.15, -0.1) is 0 Å². The maximum absolute atomic E-state index is 14.1. The molecule has 6 saturated heterocycles. The summed E-state index contributed by atoms with van der Waals surface area (Å²) < 4.78 is 72.9. The maximum Gasteiger partial charge on any atom is 0.364 e. The van der Waals surface area contributed by atoms with Crippen LogP contribution in [0.4, 0.5) is 0 Å². The highest BCUT2D eigenvalue weighted by Crippen LogP contribution is 2.45. The Hall–Kier alpha value is -4.22. The van der Waals surface area contributed by atoms with E-state index in [-0.39, 0.29) is 18.7 Å². The van der Waals surface area contributed by atoms with Gasteiger partial charge in [0.25, 0.3) is 11.6 Å². The number of ether oxygens (including phenoxy) is 12. The van der Waals surface area contributed by atoms with E-state index in [4.69, 9.17) is 56.8 Å². The van der Waals surface area contributed by atoms with E-state index in [1.807, 2.05) is 0 Å². The van der Waals surface area contributed by atoms with Crippen LogP contribution in [0.15, 0.2) is 0 Å². The molecular weight excluding hydrogens is 1770 g/mol. The molecule has 6 aliphatic heterocycles. The summed E-state index contributed by atoms with van der Waals surface area (Å²) in [6.45, 7) is -0.496. The number of carbonyl (C=O) groups is 6. The summed E-state index contributed by atoms with van der Waals surface area (Å²) in [5.41, 5.74) is 0. The van der Waals surface area contributed by atoms with Crippen molar-refractivity contribution in [1.29, 1.82) is 0 Å². The van der Waals surface area contributed by atoms with Gasteiger partial charge in [0.15, 0.2) is 25.2 Å². The van der Waals surface area contributed by atoms with Gasteiger partial charge < -0.3 is 185 Å². The van der Waals surface area contributed by atoms with Crippen LogP contribution in [-0.4, -0.2) is 390 Å². The number of unbranched alkanes of at least 4 members (excludes halogenated alkanes) is 33. The third-order valence-electron chi connectivity index (χ3n) is 26.4. The van der Waals surface area contributed by atoms with Crippen molar-refractivity contribution in [3.8, 4) is 0 Å². The quantitative estimate of drug-likeness (QED) is 0.0361. The van der Waals surface area contributed by atoms with Crippen LogP contribution in [0.5, 0.6) is 0 Å². The molecule has 0 radical (unpaired) electrons. The number of Topliss-reactive ketones (excluding diaryl/α,β-unsaturated/α-hetero) is 1. The summed E-state index contributed by atoms with van der Waals surface area (Å²) in [7, 11) is 0. The third kappa shape index (κ3) is 36.3.